The number of nitrogens with one attached hydrogen (secondary N) is 1. The molecule has 0 spiro atoms. The number of nitrogens with zero attached hydrogens (tertiary/aromatic N) is 1. The lowest BCUT2D eigenvalue weighted by Crippen LogP contribution is -2.53. The van der Waals surface area contributed by atoms with Gasteiger partial charge in [-0.3, -0.25) is 4.79 Å². The van der Waals surface area contributed by atoms with E-state index in [1.165, 1.54) is 0 Å². The van der Waals surface area contributed by atoms with Crippen LogP contribution in [0.3, 0.4) is 0 Å². The molecule has 0 aromatic heterocycles. The zero-order chi connectivity index (χ0) is 11.5. The van der Waals surface area contributed by atoms with Crippen molar-refractivity contribution in [2.24, 2.45) is 0 Å². The van der Waals surface area contributed by atoms with E-state index in [0.29, 0.717) is 6.54 Å². The van der Waals surface area contributed by atoms with Crippen molar-refractivity contribution in [2.45, 2.75) is 19.5 Å². The summed E-state index contributed by atoms with van der Waals surface area (Å²) in [5, 5.41) is 3.16. The Kier molecular flexibility index (Phi) is 3.61. The normalized spacial score (nSPS) is 21.2. The maximum Gasteiger partial charge on any atom is 0.239 e. The molecule has 0 radical (unpaired) electrons. The third kappa shape index (κ3) is 2.44. The van der Waals surface area contributed by atoms with Crippen LogP contribution in [-0.4, -0.2) is 29.9 Å². The maximum atomic E-state index is 11.9. The second-order valence-electron chi connectivity index (χ2n) is 4.03. The Labute approximate surface area is 104 Å². The molecular formula is C12H15BrN2O. The van der Waals surface area contributed by atoms with Gasteiger partial charge in [-0.15, -0.1) is 0 Å². The maximum absolute atomic E-state index is 11.9. The minimum atomic E-state index is -0.0590. The van der Waals surface area contributed by atoms with Crippen molar-refractivity contribution in [1.82, 2.24) is 10.2 Å². The van der Waals surface area contributed by atoms with Crippen LogP contribution < -0.4 is 5.32 Å². The summed E-state index contributed by atoms with van der Waals surface area (Å²) in [6, 6.07) is 7.97. The van der Waals surface area contributed by atoms with Gasteiger partial charge in [-0.05, 0) is 18.6 Å². The first-order valence-corrected chi connectivity index (χ1v) is 6.23. The molecule has 16 heavy (non-hydrogen) atoms. The van der Waals surface area contributed by atoms with E-state index in [9.17, 15) is 4.79 Å². The van der Waals surface area contributed by atoms with Crippen LogP contribution in [-0.2, 0) is 11.3 Å². The van der Waals surface area contributed by atoms with E-state index in [2.05, 4.69) is 21.2 Å². The molecule has 0 bridgehead atoms. The fourth-order valence-electron chi connectivity index (χ4n) is 1.88. The number of amides is 1. The van der Waals surface area contributed by atoms with Gasteiger partial charge in [-0.1, -0.05) is 34.1 Å². The van der Waals surface area contributed by atoms with Gasteiger partial charge in [0.25, 0.3) is 0 Å². The highest BCUT2D eigenvalue weighted by Gasteiger charge is 2.24. The monoisotopic (exact) mass is 282 g/mol. The Morgan fingerprint density at radius 2 is 2.25 bits per heavy atom. The van der Waals surface area contributed by atoms with Crippen molar-refractivity contribution >= 4 is 21.8 Å². The van der Waals surface area contributed by atoms with Crippen LogP contribution in [0.2, 0.25) is 0 Å². The Hall–Kier alpha value is -0.870. The first-order valence-electron chi connectivity index (χ1n) is 5.44. The molecular weight excluding hydrogens is 268 g/mol. The first kappa shape index (κ1) is 11.6. The number of halogens is 1. The fraction of sp³-hybridized carbons (Fsp3) is 0.417. The summed E-state index contributed by atoms with van der Waals surface area (Å²) in [6.07, 6.45) is 0. The smallest absolute Gasteiger partial charge is 0.239 e. The zero-order valence-corrected chi connectivity index (χ0v) is 10.8. The van der Waals surface area contributed by atoms with Crippen molar-refractivity contribution in [1.29, 1.82) is 0 Å². The summed E-state index contributed by atoms with van der Waals surface area (Å²) in [7, 11) is 0. The third-order valence-corrected chi connectivity index (χ3v) is 3.61. The lowest BCUT2D eigenvalue weighted by atomic mass is 10.1. The molecule has 1 aliphatic heterocycles. The lowest BCUT2D eigenvalue weighted by molar-refractivity contribution is -0.135. The van der Waals surface area contributed by atoms with Gasteiger partial charge in [0.05, 0.1) is 6.04 Å². The molecule has 3 nitrogen and oxygen atoms in total. The number of piperazine rings is 1. The largest absolute Gasteiger partial charge is 0.336 e. The average molecular weight is 283 g/mol. The van der Waals surface area contributed by atoms with E-state index in [-0.39, 0.29) is 11.9 Å². The van der Waals surface area contributed by atoms with Gasteiger partial charge in [0.15, 0.2) is 0 Å². The van der Waals surface area contributed by atoms with Crippen LogP contribution in [0.5, 0.6) is 0 Å². The molecule has 1 atom stereocenters. The van der Waals surface area contributed by atoms with Gasteiger partial charge in [-0.2, -0.15) is 0 Å². The number of benzene rings is 1. The van der Waals surface area contributed by atoms with E-state index < -0.39 is 0 Å². The van der Waals surface area contributed by atoms with Crippen molar-refractivity contribution in [2.75, 3.05) is 13.1 Å². The molecule has 1 unspecified atom stereocenters. The molecule has 1 aromatic rings. The molecule has 1 saturated heterocycles. The number of carbonyl (C=O) groups excluding carboxylic acids is 1. The highest BCUT2D eigenvalue weighted by Crippen LogP contribution is 2.18. The molecule has 1 aromatic carbocycles. The SMILES string of the molecule is CC1NCCN(Cc2ccccc2Br)C1=O. The Morgan fingerprint density at radius 3 is 3.00 bits per heavy atom. The van der Waals surface area contributed by atoms with Crippen molar-refractivity contribution in [3.8, 4) is 0 Å². The lowest BCUT2D eigenvalue weighted by Gasteiger charge is -2.31. The molecule has 1 amide bonds. The van der Waals surface area contributed by atoms with E-state index in [1.807, 2.05) is 36.1 Å². The second-order valence-corrected chi connectivity index (χ2v) is 4.88. The average Bonchev–Trinajstić information content (AvgIpc) is 2.28. The van der Waals surface area contributed by atoms with Crippen molar-refractivity contribution in [3.63, 3.8) is 0 Å². The summed E-state index contributed by atoms with van der Waals surface area (Å²) in [4.78, 5) is 13.8. The van der Waals surface area contributed by atoms with Gasteiger partial charge < -0.3 is 10.2 Å². The van der Waals surface area contributed by atoms with E-state index in [4.69, 9.17) is 0 Å². The van der Waals surface area contributed by atoms with Crippen LogP contribution in [0.15, 0.2) is 28.7 Å². The highest BCUT2D eigenvalue weighted by molar-refractivity contribution is 9.10. The molecule has 1 N–H and O–H groups in total. The van der Waals surface area contributed by atoms with Crippen LogP contribution in [0, 0.1) is 0 Å². The number of carbonyl (C=O) groups is 1. The molecule has 2 rings (SSSR count). The van der Waals surface area contributed by atoms with Crippen molar-refractivity contribution < 1.29 is 4.79 Å². The summed E-state index contributed by atoms with van der Waals surface area (Å²) in [5.74, 6) is 0.182. The van der Waals surface area contributed by atoms with Crippen LogP contribution in [0.1, 0.15) is 12.5 Å². The molecule has 4 heteroatoms. The Morgan fingerprint density at radius 1 is 1.50 bits per heavy atom. The summed E-state index contributed by atoms with van der Waals surface area (Å²) >= 11 is 3.50. The van der Waals surface area contributed by atoms with E-state index in [0.717, 1.165) is 23.1 Å². The molecule has 1 heterocycles. The van der Waals surface area contributed by atoms with Crippen molar-refractivity contribution in [3.05, 3.63) is 34.3 Å². The van der Waals surface area contributed by atoms with E-state index >= 15 is 0 Å². The van der Waals surface area contributed by atoms with Gasteiger partial charge in [-0.25, -0.2) is 0 Å². The zero-order valence-electron chi connectivity index (χ0n) is 9.24. The third-order valence-electron chi connectivity index (χ3n) is 2.83. The quantitative estimate of drug-likeness (QED) is 0.897. The van der Waals surface area contributed by atoms with Crippen LogP contribution in [0.4, 0.5) is 0 Å². The summed E-state index contributed by atoms with van der Waals surface area (Å²) in [5.41, 5.74) is 1.16. The molecule has 0 saturated carbocycles. The van der Waals surface area contributed by atoms with Crippen LogP contribution in [0.25, 0.3) is 0 Å². The topological polar surface area (TPSA) is 32.3 Å². The van der Waals surface area contributed by atoms with Gasteiger partial charge in [0.2, 0.25) is 5.91 Å². The molecule has 86 valence electrons. The number of rotatable bonds is 2. The van der Waals surface area contributed by atoms with Crippen LogP contribution >= 0.6 is 15.9 Å². The Bertz CT molecular complexity index is 394. The predicted molar refractivity (Wildman–Crippen MR) is 67.0 cm³/mol. The van der Waals surface area contributed by atoms with Gasteiger partial charge in [0, 0.05) is 24.1 Å². The molecule has 1 aliphatic rings. The Balaban J connectivity index is 2.10. The number of hydrogen-bond donors (Lipinski definition) is 1. The minimum Gasteiger partial charge on any atom is -0.336 e. The number of hydrogen-bond acceptors (Lipinski definition) is 2. The fourth-order valence-corrected chi connectivity index (χ4v) is 2.29. The second kappa shape index (κ2) is 4.97. The van der Waals surface area contributed by atoms with Gasteiger partial charge >= 0.3 is 0 Å². The first-order chi connectivity index (χ1) is 7.68. The molecule has 0 aliphatic carbocycles. The highest BCUT2D eigenvalue weighted by atomic mass is 79.9. The predicted octanol–water partition coefficient (Wildman–Crippen LogP) is 1.77. The summed E-state index contributed by atoms with van der Waals surface area (Å²) < 4.78 is 1.06. The van der Waals surface area contributed by atoms with Gasteiger partial charge in [0.1, 0.15) is 0 Å². The summed E-state index contributed by atoms with van der Waals surface area (Å²) in [6.45, 7) is 4.25. The molecule has 1 fully saturated rings. The minimum absolute atomic E-state index is 0.0590. The standard InChI is InChI=1S/C12H15BrN2O/c1-9-12(16)15(7-6-14-9)8-10-4-2-3-5-11(10)13/h2-5,9,14H,6-8H2,1H3. The van der Waals surface area contributed by atoms with E-state index in [1.54, 1.807) is 0 Å².